The van der Waals surface area contributed by atoms with Gasteiger partial charge in [-0.25, -0.2) is 0 Å². The van der Waals surface area contributed by atoms with Crippen molar-refractivity contribution in [3.05, 3.63) is 127 Å². The molecule has 7 rings (SSSR count). The minimum absolute atomic E-state index is 0.215. The Balaban J connectivity index is 1.13. The highest BCUT2D eigenvalue weighted by atomic mass is 31.1. The Morgan fingerprint density at radius 2 is 0.750 bits per heavy atom. The van der Waals surface area contributed by atoms with Crippen molar-refractivity contribution in [2.75, 3.05) is 0 Å². The molecule has 7 nitrogen and oxygen atoms in total. The molecule has 0 atom stereocenters. The predicted molar refractivity (Wildman–Crippen MR) is 157 cm³/mol. The van der Waals surface area contributed by atoms with Crippen LogP contribution < -0.4 is 9.05 Å². The zero-order valence-corrected chi connectivity index (χ0v) is 23.0. The number of nitrogens with zero attached hydrogens (tertiary/aromatic N) is 1. The molecular weight excluding hydrogens is 544 g/mol. The molecule has 198 valence electrons. The quantitative estimate of drug-likeness (QED) is 0.198. The van der Waals surface area contributed by atoms with Crippen molar-refractivity contribution in [2.24, 2.45) is 0 Å². The molecule has 0 N–H and O–H groups in total. The maximum atomic E-state index is 6.12. The van der Waals surface area contributed by atoms with Gasteiger partial charge in [-0.05, 0) is 36.4 Å². The molecular formula is C31H23NO6P2. The lowest BCUT2D eigenvalue weighted by Gasteiger charge is -2.04. The van der Waals surface area contributed by atoms with Crippen LogP contribution in [0, 0.1) is 0 Å². The lowest BCUT2D eigenvalue weighted by molar-refractivity contribution is 0.348. The summed E-state index contributed by atoms with van der Waals surface area (Å²) < 4.78 is 36.7. The van der Waals surface area contributed by atoms with E-state index in [4.69, 9.17) is 30.8 Å². The summed E-state index contributed by atoms with van der Waals surface area (Å²) in [6, 6.07) is 37.1. The van der Waals surface area contributed by atoms with E-state index in [0.717, 1.165) is 55.3 Å². The molecule has 0 radical (unpaired) electrons. The van der Waals surface area contributed by atoms with E-state index < -0.39 is 16.5 Å². The van der Waals surface area contributed by atoms with Crippen LogP contribution in [0.4, 0.5) is 0 Å². The standard InChI is InChI=1S/C31H23NO6P2/c1-5-16-28-24(12-1)25-13-2-6-17-29(25)36-39(35-28)33-20-22-10-9-11-23(32-22)21-34-40-37-30-18-7-3-14-26(30)27-15-4-8-19-31(27)38-40/h1-19H,20-21H2. The number of hydrogen-bond donors (Lipinski definition) is 0. The summed E-state index contributed by atoms with van der Waals surface area (Å²) in [5, 5.41) is 3.89. The van der Waals surface area contributed by atoms with Gasteiger partial charge in [-0.15, -0.1) is 0 Å². The molecule has 7 aromatic rings. The fraction of sp³-hybridized carbons (Fsp3) is 0.0645. The van der Waals surface area contributed by atoms with Crippen molar-refractivity contribution >= 4 is 60.4 Å². The van der Waals surface area contributed by atoms with Crippen LogP contribution in [0.5, 0.6) is 0 Å². The second kappa shape index (κ2) is 11.1. The highest BCUT2D eigenvalue weighted by Crippen LogP contribution is 2.35. The topological polar surface area (TPSA) is 83.9 Å². The van der Waals surface area contributed by atoms with E-state index in [1.165, 1.54) is 0 Å². The number of hydrogen-bond acceptors (Lipinski definition) is 7. The van der Waals surface area contributed by atoms with Gasteiger partial charge in [0, 0.05) is 21.5 Å². The number of pyridine rings is 1. The van der Waals surface area contributed by atoms with Crippen molar-refractivity contribution < 1.29 is 25.8 Å². The second-order valence-corrected chi connectivity index (χ2v) is 11.1. The smallest absolute Gasteiger partial charge is 0.387 e. The Morgan fingerprint density at radius 3 is 1.10 bits per heavy atom. The molecule has 4 aromatic carbocycles. The molecule has 3 heterocycles. The Kier molecular flexibility index (Phi) is 6.86. The van der Waals surface area contributed by atoms with Crippen LogP contribution in [0.15, 0.2) is 132 Å². The molecule has 0 saturated heterocycles. The Hall–Kier alpha value is -4.25. The fourth-order valence-electron chi connectivity index (χ4n) is 4.47. The molecule has 0 amide bonds. The van der Waals surface area contributed by atoms with Gasteiger partial charge in [0.05, 0.1) is 11.4 Å². The summed E-state index contributed by atoms with van der Waals surface area (Å²) in [6.45, 7) is 0.429. The van der Waals surface area contributed by atoms with Gasteiger partial charge in [0.25, 0.3) is 0 Å². The lowest BCUT2D eigenvalue weighted by Crippen LogP contribution is -2.01. The Morgan fingerprint density at radius 1 is 0.425 bits per heavy atom. The summed E-state index contributed by atoms with van der Waals surface area (Å²) in [4.78, 5) is 4.71. The first-order chi connectivity index (χ1) is 19.8. The zero-order chi connectivity index (χ0) is 26.7. The normalized spacial score (nSPS) is 11.4. The third kappa shape index (κ3) is 5.16. The predicted octanol–water partition coefficient (Wildman–Crippen LogP) is 9.55. The van der Waals surface area contributed by atoms with Gasteiger partial charge in [-0.2, -0.15) is 0 Å². The average Bonchev–Trinajstić information content (AvgIpc) is 3.27. The maximum Gasteiger partial charge on any atom is 0.387 e. The van der Waals surface area contributed by atoms with Crippen LogP contribution in [0.3, 0.4) is 0 Å². The molecule has 9 heteroatoms. The van der Waals surface area contributed by atoms with Gasteiger partial charge in [0.15, 0.2) is 0 Å². The van der Waals surface area contributed by atoms with Crippen molar-refractivity contribution in [2.45, 2.75) is 13.2 Å². The Labute approximate surface area is 230 Å². The number of rotatable bonds is 6. The number of aromatic nitrogens is 1. The van der Waals surface area contributed by atoms with Gasteiger partial charge < -0.3 is 16.8 Å². The highest BCUT2D eigenvalue weighted by molar-refractivity contribution is 7.32. The highest BCUT2D eigenvalue weighted by Gasteiger charge is 2.10. The molecule has 0 aliphatic rings. The van der Waals surface area contributed by atoms with Crippen molar-refractivity contribution in [3.63, 3.8) is 0 Å². The van der Waals surface area contributed by atoms with Crippen LogP contribution >= 0.6 is 16.5 Å². The third-order valence-electron chi connectivity index (χ3n) is 6.32. The van der Waals surface area contributed by atoms with Crippen LogP contribution in [0.25, 0.3) is 43.9 Å². The van der Waals surface area contributed by atoms with E-state index in [1.807, 2.05) is 115 Å². The van der Waals surface area contributed by atoms with Gasteiger partial charge in [-0.3, -0.25) is 14.0 Å². The summed E-state index contributed by atoms with van der Waals surface area (Å²) in [6.07, 6.45) is 0. The van der Waals surface area contributed by atoms with Crippen LogP contribution in [-0.4, -0.2) is 4.98 Å². The molecule has 0 saturated carbocycles. The van der Waals surface area contributed by atoms with Crippen molar-refractivity contribution in [1.29, 1.82) is 0 Å². The molecule has 40 heavy (non-hydrogen) atoms. The van der Waals surface area contributed by atoms with Crippen LogP contribution in [0.2, 0.25) is 0 Å². The minimum Gasteiger partial charge on any atom is -0.399 e. The van der Waals surface area contributed by atoms with Crippen molar-refractivity contribution in [1.82, 2.24) is 4.98 Å². The first-order valence-electron chi connectivity index (χ1n) is 12.7. The van der Waals surface area contributed by atoms with E-state index >= 15 is 0 Å². The lowest BCUT2D eigenvalue weighted by atomic mass is 10.1. The van der Waals surface area contributed by atoms with Gasteiger partial charge in [-0.1, -0.05) is 78.9 Å². The number of para-hydroxylation sites is 4. The van der Waals surface area contributed by atoms with Gasteiger partial charge in [0.2, 0.25) is 0 Å². The van der Waals surface area contributed by atoms with E-state index in [0.29, 0.717) is 0 Å². The van der Waals surface area contributed by atoms with Crippen molar-refractivity contribution in [3.8, 4) is 0 Å². The average molecular weight is 567 g/mol. The van der Waals surface area contributed by atoms with Crippen LogP contribution in [0.1, 0.15) is 11.4 Å². The second-order valence-electron chi connectivity index (χ2n) is 8.96. The van der Waals surface area contributed by atoms with Gasteiger partial charge in [0.1, 0.15) is 35.5 Å². The fourth-order valence-corrected chi connectivity index (χ4v) is 6.51. The largest absolute Gasteiger partial charge is 0.399 e. The number of fused-ring (bicyclic) bond motifs is 6. The first-order valence-corrected chi connectivity index (χ1v) is 14.9. The monoisotopic (exact) mass is 567 g/mol. The maximum absolute atomic E-state index is 6.12. The first kappa shape index (κ1) is 24.8. The summed E-state index contributed by atoms with van der Waals surface area (Å²) in [5.74, 6) is 0. The van der Waals surface area contributed by atoms with E-state index in [-0.39, 0.29) is 13.2 Å². The number of benzene rings is 4. The van der Waals surface area contributed by atoms with E-state index in [1.54, 1.807) is 0 Å². The minimum atomic E-state index is -1.68. The molecule has 0 bridgehead atoms. The molecule has 0 fully saturated rings. The molecule has 0 unspecified atom stereocenters. The summed E-state index contributed by atoms with van der Waals surface area (Å²) >= 11 is 0. The Bertz CT molecular complexity index is 1790. The van der Waals surface area contributed by atoms with E-state index in [2.05, 4.69) is 0 Å². The van der Waals surface area contributed by atoms with Crippen LogP contribution in [-0.2, 0) is 13.2 Å². The summed E-state index contributed by atoms with van der Waals surface area (Å²) in [5.41, 5.74) is 4.36. The van der Waals surface area contributed by atoms with E-state index in [9.17, 15) is 0 Å². The SMILES string of the molecule is c1cc(COp2oc3ccccc3c3ccccc3o2)nc(COp2oc3ccccc3c3ccccc3o2)c1. The summed E-state index contributed by atoms with van der Waals surface area (Å²) in [7, 11) is -3.37. The molecule has 0 spiro atoms. The van der Waals surface area contributed by atoms with Gasteiger partial charge >= 0.3 is 16.5 Å². The molecule has 3 aromatic heterocycles. The third-order valence-corrected chi connectivity index (χ3v) is 8.38. The zero-order valence-electron chi connectivity index (χ0n) is 21.2. The molecule has 0 aliphatic carbocycles. The molecule has 0 aliphatic heterocycles.